The van der Waals surface area contributed by atoms with Gasteiger partial charge < -0.3 is 14.4 Å². The first kappa shape index (κ1) is 20.3. The molecule has 1 saturated heterocycles. The molecule has 1 heterocycles. The normalized spacial score (nSPS) is 19.5. The van der Waals surface area contributed by atoms with E-state index in [1.54, 1.807) is 13.2 Å². The molecule has 2 aliphatic rings. The topological polar surface area (TPSA) is 21.7 Å². The molecule has 142 valence electrons. The number of hydrogen-bond acceptors (Lipinski definition) is 3. The number of rotatable bonds is 9. The number of methoxy groups -OCH3 is 1. The fraction of sp³-hybridized carbons (Fsp3) is 0.478. The lowest BCUT2D eigenvalue weighted by Gasteiger charge is -2.26. The number of piperidine rings is 1. The molecule has 0 unspecified atom stereocenters. The molecule has 26 heavy (non-hydrogen) atoms. The summed E-state index contributed by atoms with van der Waals surface area (Å²) in [5, 5.41) is 0. The summed E-state index contributed by atoms with van der Waals surface area (Å²) in [5.41, 5.74) is 2.37. The summed E-state index contributed by atoms with van der Waals surface area (Å²) in [6.45, 7) is 10.3. The molecule has 0 aromatic rings. The summed E-state index contributed by atoms with van der Waals surface area (Å²) in [6.07, 6.45) is 20.2. The number of likely N-dealkylation sites (tertiary alicyclic amines) is 1. The Hall–Kier alpha value is -2.00. The van der Waals surface area contributed by atoms with Gasteiger partial charge >= 0.3 is 0 Å². The Kier molecular flexibility index (Phi) is 9.05. The van der Waals surface area contributed by atoms with Crippen molar-refractivity contribution < 1.29 is 9.47 Å². The fourth-order valence-corrected chi connectivity index (χ4v) is 3.16. The maximum absolute atomic E-state index is 5.88. The van der Waals surface area contributed by atoms with Crippen LogP contribution < -0.4 is 0 Å². The number of nitrogens with zero attached hydrogens (tertiary/aromatic N) is 1. The van der Waals surface area contributed by atoms with Crippen LogP contribution in [0, 0.1) is 0 Å². The van der Waals surface area contributed by atoms with E-state index in [2.05, 4.69) is 42.7 Å². The van der Waals surface area contributed by atoms with Crippen LogP contribution >= 0.6 is 0 Å². The summed E-state index contributed by atoms with van der Waals surface area (Å²) >= 11 is 0. The van der Waals surface area contributed by atoms with Crippen LogP contribution in [0.1, 0.15) is 39.0 Å². The average Bonchev–Trinajstić information content (AvgIpc) is 2.93. The SMILES string of the molecule is C=C/C(=C\C=C(/C)C1=CC=C(OC)CC=C1)OCCCN1CCCCC1. The van der Waals surface area contributed by atoms with E-state index in [0.717, 1.165) is 37.5 Å². The third-order valence-corrected chi connectivity index (χ3v) is 4.82. The van der Waals surface area contributed by atoms with Crippen LogP contribution in [0.3, 0.4) is 0 Å². The van der Waals surface area contributed by atoms with Gasteiger partial charge in [0.15, 0.2) is 0 Å². The molecule has 3 heteroatoms. The monoisotopic (exact) mass is 355 g/mol. The van der Waals surface area contributed by atoms with Gasteiger partial charge in [0.2, 0.25) is 0 Å². The van der Waals surface area contributed by atoms with Gasteiger partial charge in [0.25, 0.3) is 0 Å². The quantitative estimate of drug-likeness (QED) is 0.318. The lowest BCUT2D eigenvalue weighted by atomic mass is 10.1. The smallest absolute Gasteiger partial charge is 0.118 e. The Morgan fingerprint density at radius 3 is 2.73 bits per heavy atom. The third-order valence-electron chi connectivity index (χ3n) is 4.82. The number of allylic oxidation sites excluding steroid dienone is 9. The standard InChI is InChI=1S/C23H33NO2/c1-4-22(26-19-9-18-24-16-6-5-7-17-24)14-12-20(2)21-10-8-11-23(25-3)15-13-21/h4,8,10,12-15H,1,5-7,9,11,16-19H2,2-3H3/b20-12+,22-14+. The summed E-state index contributed by atoms with van der Waals surface area (Å²) in [4.78, 5) is 2.54. The van der Waals surface area contributed by atoms with Gasteiger partial charge in [0.1, 0.15) is 5.76 Å². The Labute approximate surface area is 159 Å². The van der Waals surface area contributed by atoms with E-state index < -0.39 is 0 Å². The van der Waals surface area contributed by atoms with Gasteiger partial charge in [-0.05, 0) is 68.6 Å². The second-order valence-corrected chi connectivity index (χ2v) is 6.79. The van der Waals surface area contributed by atoms with Crippen LogP contribution in [-0.4, -0.2) is 38.3 Å². The predicted molar refractivity (Wildman–Crippen MR) is 110 cm³/mol. The molecular formula is C23H33NO2. The second kappa shape index (κ2) is 11.6. The molecule has 2 rings (SSSR count). The van der Waals surface area contributed by atoms with Gasteiger partial charge in [-0.1, -0.05) is 37.3 Å². The fourth-order valence-electron chi connectivity index (χ4n) is 3.16. The van der Waals surface area contributed by atoms with Crippen LogP contribution in [-0.2, 0) is 9.47 Å². The van der Waals surface area contributed by atoms with E-state index >= 15 is 0 Å². The van der Waals surface area contributed by atoms with Gasteiger partial charge in [0, 0.05) is 13.0 Å². The minimum atomic E-state index is 0.740. The largest absolute Gasteiger partial charge is 0.501 e. The van der Waals surface area contributed by atoms with E-state index in [4.69, 9.17) is 9.47 Å². The first-order valence-electron chi connectivity index (χ1n) is 9.71. The van der Waals surface area contributed by atoms with Crippen LogP contribution in [0.5, 0.6) is 0 Å². The highest BCUT2D eigenvalue weighted by Crippen LogP contribution is 2.18. The Balaban J connectivity index is 1.83. The van der Waals surface area contributed by atoms with Gasteiger partial charge in [-0.15, -0.1) is 0 Å². The molecule has 0 saturated carbocycles. The van der Waals surface area contributed by atoms with Crippen molar-refractivity contribution in [3.63, 3.8) is 0 Å². The molecule has 0 radical (unpaired) electrons. The molecule has 0 amide bonds. The van der Waals surface area contributed by atoms with Crippen molar-refractivity contribution in [2.45, 2.75) is 39.0 Å². The third kappa shape index (κ3) is 7.09. The first-order chi connectivity index (χ1) is 12.7. The van der Waals surface area contributed by atoms with Crippen molar-refractivity contribution in [3.05, 3.63) is 71.8 Å². The van der Waals surface area contributed by atoms with Crippen molar-refractivity contribution >= 4 is 0 Å². The summed E-state index contributed by atoms with van der Waals surface area (Å²) in [5.74, 6) is 1.80. The summed E-state index contributed by atoms with van der Waals surface area (Å²) in [6, 6.07) is 0. The van der Waals surface area contributed by atoms with Crippen molar-refractivity contribution in [1.82, 2.24) is 4.90 Å². The van der Waals surface area contributed by atoms with Crippen LogP contribution in [0.15, 0.2) is 71.8 Å². The molecule has 0 aromatic heterocycles. The van der Waals surface area contributed by atoms with Gasteiger partial charge in [-0.3, -0.25) is 0 Å². The zero-order chi connectivity index (χ0) is 18.6. The molecule has 1 aliphatic heterocycles. The van der Waals surface area contributed by atoms with Gasteiger partial charge in [0.05, 0.1) is 19.5 Å². The van der Waals surface area contributed by atoms with E-state index in [-0.39, 0.29) is 0 Å². The second-order valence-electron chi connectivity index (χ2n) is 6.79. The molecule has 0 aromatic carbocycles. The summed E-state index contributed by atoms with van der Waals surface area (Å²) in [7, 11) is 1.71. The zero-order valence-electron chi connectivity index (χ0n) is 16.4. The van der Waals surface area contributed by atoms with Crippen LogP contribution in [0.25, 0.3) is 0 Å². The van der Waals surface area contributed by atoms with E-state index in [9.17, 15) is 0 Å². The molecular weight excluding hydrogens is 322 g/mol. The molecule has 1 fully saturated rings. The Morgan fingerprint density at radius 2 is 2.00 bits per heavy atom. The van der Waals surface area contributed by atoms with Crippen molar-refractivity contribution in [2.75, 3.05) is 33.4 Å². The molecule has 0 N–H and O–H groups in total. The van der Waals surface area contributed by atoms with Crippen LogP contribution in [0.4, 0.5) is 0 Å². The van der Waals surface area contributed by atoms with E-state index in [1.165, 1.54) is 43.5 Å². The minimum Gasteiger partial charge on any atom is -0.501 e. The Bertz CT molecular complexity index is 602. The van der Waals surface area contributed by atoms with E-state index in [1.807, 2.05) is 12.2 Å². The highest BCUT2D eigenvalue weighted by atomic mass is 16.5. The van der Waals surface area contributed by atoms with Crippen LogP contribution in [0.2, 0.25) is 0 Å². The maximum Gasteiger partial charge on any atom is 0.118 e. The Morgan fingerprint density at radius 1 is 1.19 bits per heavy atom. The van der Waals surface area contributed by atoms with Crippen molar-refractivity contribution in [2.24, 2.45) is 0 Å². The van der Waals surface area contributed by atoms with E-state index in [0.29, 0.717) is 0 Å². The average molecular weight is 356 g/mol. The minimum absolute atomic E-state index is 0.740. The molecule has 0 atom stereocenters. The highest BCUT2D eigenvalue weighted by molar-refractivity contribution is 5.44. The lowest BCUT2D eigenvalue weighted by molar-refractivity contribution is 0.176. The maximum atomic E-state index is 5.88. The summed E-state index contributed by atoms with van der Waals surface area (Å²) < 4.78 is 11.2. The molecule has 0 bridgehead atoms. The first-order valence-corrected chi connectivity index (χ1v) is 9.71. The van der Waals surface area contributed by atoms with Crippen molar-refractivity contribution in [3.8, 4) is 0 Å². The predicted octanol–water partition coefficient (Wildman–Crippen LogP) is 5.31. The molecule has 0 spiro atoms. The molecule has 3 nitrogen and oxygen atoms in total. The molecule has 1 aliphatic carbocycles. The van der Waals surface area contributed by atoms with Gasteiger partial charge in [-0.25, -0.2) is 0 Å². The highest BCUT2D eigenvalue weighted by Gasteiger charge is 2.09. The van der Waals surface area contributed by atoms with Crippen molar-refractivity contribution in [1.29, 1.82) is 0 Å². The lowest BCUT2D eigenvalue weighted by Crippen LogP contribution is -2.31. The number of ether oxygens (including phenoxy) is 2. The zero-order valence-corrected chi connectivity index (χ0v) is 16.4. The van der Waals surface area contributed by atoms with Gasteiger partial charge in [-0.2, -0.15) is 0 Å². The number of hydrogen-bond donors (Lipinski definition) is 0.